The van der Waals surface area contributed by atoms with Crippen LogP contribution in [-0.4, -0.2) is 8.32 Å². The molecule has 1 aromatic heterocycles. The molecule has 0 spiro atoms. The second kappa shape index (κ2) is 8.96. The Kier molecular flexibility index (Phi) is 7.16. The molecule has 1 heterocycles. The molecular weight excluding hydrogens is 348 g/mol. The fourth-order valence-electron chi connectivity index (χ4n) is 4.15. The first-order chi connectivity index (χ1) is 12.7. The lowest BCUT2D eigenvalue weighted by molar-refractivity contribution is 0.480. The molecule has 0 bridgehead atoms. The third kappa shape index (κ3) is 4.95. The highest BCUT2D eigenvalue weighted by atomic mass is 28.4. The average molecular weight is 385 g/mol. The van der Waals surface area contributed by atoms with Gasteiger partial charge < -0.3 is 8.84 Å². The highest BCUT2D eigenvalue weighted by Gasteiger charge is 2.46. The minimum atomic E-state index is -1.90. The van der Waals surface area contributed by atoms with Crippen LogP contribution in [0.4, 0.5) is 0 Å². The van der Waals surface area contributed by atoms with Gasteiger partial charge in [-0.2, -0.15) is 0 Å². The summed E-state index contributed by atoms with van der Waals surface area (Å²) < 4.78 is 12.6. The molecule has 0 atom stereocenters. The Balaban J connectivity index is 2.15. The molecule has 0 saturated carbocycles. The fraction of sp³-hybridized carbons (Fsp3) is 0.500. The molecule has 2 rings (SSSR count). The first-order valence-electron chi connectivity index (χ1n) is 10.2. The van der Waals surface area contributed by atoms with Gasteiger partial charge in [0, 0.05) is 5.92 Å². The molecule has 1 aromatic carbocycles. The molecule has 2 aromatic rings. The molecule has 0 N–H and O–H groups in total. The Hall–Kier alpha value is -1.74. The largest absolute Gasteiger partial charge is 0.543 e. The molecule has 0 radical (unpaired) electrons. The Bertz CT molecular complexity index is 714. The molecule has 0 amide bonds. The van der Waals surface area contributed by atoms with E-state index in [1.165, 1.54) is 0 Å². The number of furan rings is 1. The predicted molar refractivity (Wildman–Crippen MR) is 120 cm³/mol. The van der Waals surface area contributed by atoms with Gasteiger partial charge in [-0.1, -0.05) is 73.6 Å². The highest BCUT2D eigenvalue weighted by Crippen LogP contribution is 2.42. The second-order valence-electron chi connectivity index (χ2n) is 8.72. The molecule has 0 fully saturated rings. The van der Waals surface area contributed by atoms with Crippen molar-refractivity contribution < 1.29 is 8.84 Å². The summed E-state index contributed by atoms with van der Waals surface area (Å²) in [5.74, 6) is 3.33. The summed E-state index contributed by atoms with van der Waals surface area (Å²) in [5, 5.41) is 0. The van der Waals surface area contributed by atoms with Gasteiger partial charge in [-0.05, 0) is 52.5 Å². The van der Waals surface area contributed by atoms with Crippen LogP contribution >= 0.6 is 0 Å². The second-order valence-corrected chi connectivity index (χ2v) is 14.1. The summed E-state index contributed by atoms with van der Waals surface area (Å²) in [6.07, 6.45) is 4.11. The van der Waals surface area contributed by atoms with Gasteiger partial charge in [0.25, 0.3) is 8.32 Å². The Morgan fingerprint density at radius 2 is 1.30 bits per heavy atom. The molecule has 27 heavy (non-hydrogen) atoms. The Morgan fingerprint density at radius 1 is 0.741 bits per heavy atom. The highest BCUT2D eigenvalue weighted by molar-refractivity contribution is 6.78. The van der Waals surface area contributed by atoms with Gasteiger partial charge in [-0.15, -0.1) is 0 Å². The summed E-state index contributed by atoms with van der Waals surface area (Å²) in [5.41, 5.74) is 2.87. The quantitative estimate of drug-likeness (QED) is 0.429. The SMILES string of the molecule is CC(C)c1ccc(/C=C/c2ccc(O[Si](C(C)C)(C(C)C)C(C)C)cc2)o1. The van der Waals surface area contributed by atoms with E-state index in [9.17, 15) is 0 Å². The smallest absolute Gasteiger partial charge is 0.258 e. The molecular formula is C24H36O2Si. The van der Waals surface area contributed by atoms with Crippen molar-refractivity contribution >= 4 is 20.5 Å². The summed E-state index contributed by atoms with van der Waals surface area (Å²) in [6.45, 7) is 18.2. The maximum absolute atomic E-state index is 6.73. The third-order valence-electron chi connectivity index (χ3n) is 5.54. The molecule has 148 valence electrons. The number of hydrogen-bond donors (Lipinski definition) is 0. The van der Waals surface area contributed by atoms with Crippen molar-refractivity contribution in [2.45, 2.75) is 77.9 Å². The van der Waals surface area contributed by atoms with E-state index in [2.05, 4.69) is 91.8 Å². The van der Waals surface area contributed by atoms with Crippen LogP contribution in [0.5, 0.6) is 5.75 Å². The molecule has 0 unspecified atom stereocenters. The zero-order chi connectivity index (χ0) is 20.2. The van der Waals surface area contributed by atoms with Gasteiger partial charge in [-0.3, -0.25) is 0 Å². The summed E-state index contributed by atoms with van der Waals surface area (Å²) in [7, 11) is -1.90. The van der Waals surface area contributed by atoms with Crippen molar-refractivity contribution in [3.63, 3.8) is 0 Å². The zero-order valence-corrected chi connectivity index (χ0v) is 19.2. The van der Waals surface area contributed by atoms with Crippen LogP contribution in [-0.2, 0) is 0 Å². The molecule has 0 aliphatic carbocycles. The van der Waals surface area contributed by atoms with Crippen LogP contribution in [0.2, 0.25) is 16.6 Å². The van der Waals surface area contributed by atoms with E-state index in [0.29, 0.717) is 22.5 Å². The summed E-state index contributed by atoms with van der Waals surface area (Å²) in [6, 6.07) is 12.5. The van der Waals surface area contributed by atoms with Crippen LogP contribution in [0.25, 0.3) is 12.2 Å². The molecule has 0 saturated heterocycles. The lowest BCUT2D eigenvalue weighted by Gasteiger charge is -2.42. The van der Waals surface area contributed by atoms with Gasteiger partial charge in [0.1, 0.15) is 17.3 Å². The normalized spacial score (nSPS) is 12.9. The third-order valence-corrected chi connectivity index (χ3v) is 11.5. The lowest BCUT2D eigenvalue weighted by Crippen LogP contribution is -2.50. The first-order valence-corrected chi connectivity index (χ1v) is 12.4. The maximum Gasteiger partial charge on any atom is 0.258 e. The van der Waals surface area contributed by atoms with Crippen molar-refractivity contribution in [2.75, 3.05) is 0 Å². The fourth-order valence-corrected chi connectivity index (χ4v) is 9.40. The Labute approximate surface area is 166 Å². The zero-order valence-electron chi connectivity index (χ0n) is 18.2. The minimum Gasteiger partial charge on any atom is -0.543 e. The van der Waals surface area contributed by atoms with E-state index >= 15 is 0 Å². The van der Waals surface area contributed by atoms with Crippen LogP contribution < -0.4 is 4.43 Å². The average Bonchev–Trinajstić information content (AvgIpc) is 3.07. The van der Waals surface area contributed by atoms with Crippen molar-refractivity contribution in [2.24, 2.45) is 0 Å². The van der Waals surface area contributed by atoms with E-state index in [4.69, 9.17) is 8.84 Å². The van der Waals surface area contributed by atoms with E-state index in [1.807, 2.05) is 12.1 Å². The van der Waals surface area contributed by atoms with Gasteiger partial charge in [0.05, 0.1) is 0 Å². The Morgan fingerprint density at radius 3 is 1.74 bits per heavy atom. The van der Waals surface area contributed by atoms with Gasteiger partial charge in [-0.25, -0.2) is 0 Å². The maximum atomic E-state index is 6.73. The van der Waals surface area contributed by atoms with E-state index in [1.54, 1.807) is 0 Å². The van der Waals surface area contributed by atoms with Crippen molar-refractivity contribution in [1.29, 1.82) is 0 Å². The van der Waals surface area contributed by atoms with Crippen molar-refractivity contribution in [3.05, 3.63) is 53.5 Å². The monoisotopic (exact) mass is 384 g/mol. The molecule has 0 aliphatic rings. The van der Waals surface area contributed by atoms with Gasteiger partial charge in [0.15, 0.2) is 0 Å². The standard InChI is InChI=1S/C24H36O2Si/c1-17(2)24-16-15-22(25-24)12-9-21-10-13-23(14-11-21)26-27(18(3)4,19(5)6)20(7)8/h9-20H,1-8H3/b12-9+. The van der Waals surface area contributed by atoms with E-state index < -0.39 is 8.32 Å². The van der Waals surface area contributed by atoms with Gasteiger partial charge in [0.2, 0.25) is 0 Å². The number of rotatable bonds is 8. The van der Waals surface area contributed by atoms with Crippen LogP contribution in [0, 0.1) is 0 Å². The van der Waals surface area contributed by atoms with Gasteiger partial charge >= 0.3 is 0 Å². The van der Waals surface area contributed by atoms with Crippen LogP contribution in [0.3, 0.4) is 0 Å². The molecule has 3 heteroatoms. The lowest BCUT2D eigenvalue weighted by atomic mass is 10.2. The van der Waals surface area contributed by atoms with Crippen LogP contribution in [0.15, 0.2) is 40.8 Å². The number of benzene rings is 1. The van der Waals surface area contributed by atoms with Crippen molar-refractivity contribution in [3.8, 4) is 5.75 Å². The number of hydrogen-bond acceptors (Lipinski definition) is 2. The predicted octanol–water partition coefficient (Wildman–Crippen LogP) is 8.13. The minimum absolute atomic E-state index is 0.413. The summed E-state index contributed by atoms with van der Waals surface area (Å²) in [4.78, 5) is 0. The first kappa shape index (κ1) is 21.6. The van der Waals surface area contributed by atoms with Crippen molar-refractivity contribution in [1.82, 2.24) is 0 Å². The molecule has 2 nitrogen and oxygen atoms in total. The topological polar surface area (TPSA) is 22.4 Å². The van der Waals surface area contributed by atoms with Crippen LogP contribution in [0.1, 0.15) is 78.4 Å². The molecule has 0 aliphatic heterocycles. The van der Waals surface area contributed by atoms with E-state index in [0.717, 1.165) is 22.8 Å². The van der Waals surface area contributed by atoms with E-state index in [-0.39, 0.29) is 0 Å². The summed E-state index contributed by atoms with van der Waals surface area (Å²) >= 11 is 0.